The average molecular weight is 430 g/mol. The van der Waals surface area contributed by atoms with Crippen LogP contribution in [-0.4, -0.2) is 47.5 Å². The first-order valence-corrected chi connectivity index (χ1v) is 9.80. The fourth-order valence-electron chi connectivity index (χ4n) is 2.59. The predicted octanol–water partition coefficient (Wildman–Crippen LogP) is 3.85. The first kappa shape index (κ1) is 25.6. The van der Waals surface area contributed by atoms with Crippen molar-refractivity contribution in [1.29, 1.82) is 0 Å². The maximum Gasteiger partial charge on any atom is 0.407 e. The number of hydrogen-bond donors (Lipinski definition) is 3. The zero-order valence-corrected chi connectivity index (χ0v) is 18.1. The van der Waals surface area contributed by atoms with Crippen molar-refractivity contribution >= 4 is 12.2 Å². The number of aliphatic hydroxyl groups is 1. The molecule has 1 rings (SSSR count). The van der Waals surface area contributed by atoms with Crippen molar-refractivity contribution in [3.63, 3.8) is 0 Å². The lowest BCUT2D eigenvalue weighted by molar-refractivity contribution is -0.120. The Morgan fingerprint density at radius 1 is 1.10 bits per heavy atom. The minimum absolute atomic E-state index is 0.0340. The minimum atomic E-state index is -3.71. The van der Waals surface area contributed by atoms with Crippen LogP contribution in [0.1, 0.15) is 46.6 Å². The van der Waals surface area contributed by atoms with Crippen LogP contribution in [0.2, 0.25) is 0 Å². The van der Waals surface area contributed by atoms with Crippen LogP contribution in [-0.2, 0) is 16.1 Å². The number of hydrogen-bond acceptors (Lipinski definition) is 5. The highest BCUT2D eigenvalue weighted by Gasteiger charge is 2.44. The molecule has 0 aromatic heterocycles. The zero-order chi connectivity index (χ0) is 22.9. The van der Waals surface area contributed by atoms with Crippen molar-refractivity contribution in [1.82, 2.24) is 10.6 Å². The number of alkyl halides is 2. The summed E-state index contributed by atoms with van der Waals surface area (Å²) in [6, 6.07) is 7.60. The molecule has 2 amide bonds. The van der Waals surface area contributed by atoms with Gasteiger partial charge in [-0.25, -0.2) is 18.4 Å². The smallest absolute Gasteiger partial charge is 0.407 e. The molecule has 3 N–H and O–H groups in total. The number of carbonyl (C=O) groups is 2. The molecule has 0 fully saturated rings. The first-order chi connectivity index (χ1) is 13.8. The Labute approximate surface area is 176 Å². The van der Waals surface area contributed by atoms with E-state index in [2.05, 4.69) is 5.32 Å². The van der Waals surface area contributed by atoms with Crippen molar-refractivity contribution in [2.24, 2.45) is 5.92 Å². The van der Waals surface area contributed by atoms with Gasteiger partial charge in [0.2, 0.25) is 0 Å². The lowest BCUT2D eigenvalue weighted by Gasteiger charge is -2.31. The molecule has 1 aromatic rings. The number of nitrogens with one attached hydrogen (secondary N) is 2. The molecule has 0 aliphatic carbocycles. The summed E-state index contributed by atoms with van der Waals surface area (Å²) >= 11 is 0. The van der Waals surface area contributed by atoms with E-state index in [4.69, 9.17) is 9.47 Å². The summed E-state index contributed by atoms with van der Waals surface area (Å²) < 4.78 is 39.0. The van der Waals surface area contributed by atoms with E-state index in [1.807, 2.05) is 11.4 Å². The quantitative estimate of drug-likeness (QED) is 0.553. The van der Waals surface area contributed by atoms with Crippen molar-refractivity contribution in [3.05, 3.63) is 35.9 Å². The standard InChI is InChI=1S/C21H32F2N2O5/c1-14(2)11-16(25-19(28)29-12-15-9-7-6-8-10-15)17(26)21(22,23)13-24-18(27)30-20(3,4)5/h6-10,14,16-17,26H,11-13H2,1-5H3,(H,24,27)(H,25,28). The Morgan fingerprint density at radius 2 is 1.70 bits per heavy atom. The lowest BCUT2D eigenvalue weighted by atomic mass is 9.95. The Balaban J connectivity index is 2.70. The van der Waals surface area contributed by atoms with Crippen LogP contribution in [0, 0.1) is 5.92 Å². The van der Waals surface area contributed by atoms with E-state index in [-0.39, 0.29) is 18.9 Å². The summed E-state index contributed by atoms with van der Waals surface area (Å²) in [5.74, 6) is -3.79. The second-order valence-corrected chi connectivity index (χ2v) is 8.50. The topological polar surface area (TPSA) is 96.9 Å². The summed E-state index contributed by atoms with van der Waals surface area (Å²) in [5.41, 5.74) is -0.108. The maximum absolute atomic E-state index is 14.5. The summed E-state index contributed by atoms with van der Waals surface area (Å²) in [6.45, 7) is 7.17. The van der Waals surface area contributed by atoms with Gasteiger partial charge in [0.15, 0.2) is 0 Å². The molecule has 0 aliphatic heterocycles. The van der Waals surface area contributed by atoms with Gasteiger partial charge in [-0.2, -0.15) is 0 Å². The summed E-state index contributed by atoms with van der Waals surface area (Å²) in [5, 5.41) is 14.5. The summed E-state index contributed by atoms with van der Waals surface area (Å²) in [4.78, 5) is 23.7. The fourth-order valence-corrected chi connectivity index (χ4v) is 2.59. The first-order valence-electron chi connectivity index (χ1n) is 9.80. The fraction of sp³-hybridized carbons (Fsp3) is 0.619. The highest BCUT2D eigenvalue weighted by Crippen LogP contribution is 2.24. The van der Waals surface area contributed by atoms with Gasteiger partial charge in [-0.3, -0.25) is 0 Å². The van der Waals surface area contributed by atoms with Gasteiger partial charge in [0, 0.05) is 0 Å². The average Bonchev–Trinajstić information content (AvgIpc) is 2.63. The summed E-state index contributed by atoms with van der Waals surface area (Å²) in [6.07, 6.45) is -4.09. The van der Waals surface area contributed by atoms with Gasteiger partial charge >= 0.3 is 12.2 Å². The molecule has 170 valence electrons. The third kappa shape index (κ3) is 9.87. The van der Waals surface area contributed by atoms with Crippen LogP contribution in [0.3, 0.4) is 0 Å². The SMILES string of the molecule is CC(C)CC(NC(=O)OCc1ccccc1)C(O)C(F)(F)CNC(=O)OC(C)(C)C. The number of halogens is 2. The van der Waals surface area contributed by atoms with Crippen LogP contribution in [0.5, 0.6) is 0 Å². The number of carbonyl (C=O) groups excluding carboxylic acids is 2. The normalized spacial score (nSPS) is 14.0. The largest absolute Gasteiger partial charge is 0.445 e. The number of rotatable bonds is 9. The molecule has 30 heavy (non-hydrogen) atoms. The second kappa shape index (κ2) is 11.1. The zero-order valence-electron chi connectivity index (χ0n) is 18.1. The molecule has 7 nitrogen and oxygen atoms in total. The molecule has 2 unspecified atom stereocenters. The van der Waals surface area contributed by atoms with Gasteiger partial charge in [-0.15, -0.1) is 0 Å². The Kier molecular flexibility index (Phi) is 9.48. The third-order valence-corrected chi connectivity index (χ3v) is 3.92. The molecule has 9 heteroatoms. The maximum atomic E-state index is 14.5. The molecular formula is C21H32F2N2O5. The van der Waals surface area contributed by atoms with E-state index in [1.54, 1.807) is 58.9 Å². The molecule has 0 radical (unpaired) electrons. The van der Waals surface area contributed by atoms with E-state index in [0.29, 0.717) is 0 Å². The highest BCUT2D eigenvalue weighted by molar-refractivity contribution is 5.68. The van der Waals surface area contributed by atoms with Crippen LogP contribution < -0.4 is 10.6 Å². The van der Waals surface area contributed by atoms with Crippen molar-refractivity contribution < 1.29 is 33.0 Å². The monoisotopic (exact) mass is 430 g/mol. The predicted molar refractivity (Wildman–Crippen MR) is 108 cm³/mol. The Bertz CT molecular complexity index is 678. The van der Waals surface area contributed by atoms with Crippen LogP contribution in [0.15, 0.2) is 30.3 Å². The van der Waals surface area contributed by atoms with E-state index in [9.17, 15) is 23.5 Å². The Hall–Kier alpha value is -2.42. The highest BCUT2D eigenvalue weighted by atomic mass is 19.3. The van der Waals surface area contributed by atoms with Crippen molar-refractivity contribution in [3.8, 4) is 0 Å². The van der Waals surface area contributed by atoms with Crippen LogP contribution in [0.4, 0.5) is 18.4 Å². The molecule has 2 atom stereocenters. The molecule has 0 aliphatic rings. The van der Waals surface area contributed by atoms with Gasteiger partial charge in [-0.1, -0.05) is 44.2 Å². The van der Waals surface area contributed by atoms with Gasteiger partial charge in [0.05, 0.1) is 12.6 Å². The van der Waals surface area contributed by atoms with E-state index < -0.39 is 42.4 Å². The number of amides is 2. The molecular weight excluding hydrogens is 398 g/mol. The number of benzene rings is 1. The van der Waals surface area contributed by atoms with E-state index in [0.717, 1.165) is 5.56 Å². The molecule has 0 spiro atoms. The molecule has 0 heterocycles. The lowest BCUT2D eigenvalue weighted by Crippen LogP contribution is -2.56. The summed E-state index contributed by atoms with van der Waals surface area (Å²) in [7, 11) is 0. The van der Waals surface area contributed by atoms with Crippen molar-refractivity contribution in [2.75, 3.05) is 6.54 Å². The molecule has 0 bridgehead atoms. The minimum Gasteiger partial charge on any atom is -0.445 e. The Morgan fingerprint density at radius 3 is 2.23 bits per heavy atom. The van der Waals surface area contributed by atoms with Crippen LogP contribution >= 0.6 is 0 Å². The number of aliphatic hydroxyl groups excluding tert-OH is 1. The van der Waals surface area contributed by atoms with Crippen molar-refractivity contribution in [2.45, 2.75) is 71.3 Å². The second-order valence-electron chi connectivity index (χ2n) is 8.50. The van der Waals surface area contributed by atoms with Crippen LogP contribution in [0.25, 0.3) is 0 Å². The number of ether oxygens (including phenoxy) is 2. The van der Waals surface area contributed by atoms with E-state index >= 15 is 0 Å². The number of alkyl carbamates (subject to hydrolysis) is 2. The van der Waals surface area contributed by atoms with Gasteiger partial charge < -0.3 is 25.2 Å². The van der Waals surface area contributed by atoms with Gasteiger partial charge in [0.25, 0.3) is 5.92 Å². The third-order valence-electron chi connectivity index (χ3n) is 3.92. The van der Waals surface area contributed by atoms with Gasteiger partial charge in [0.1, 0.15) is 18.3 Å². The van der Waals surface area contributed by atoms with E-state index in [1.165, 1.54) is 0 Å². The molecule has 1 aromatic carbocycles. The molecule has 0 saturated carbocycles. The van der Waals surface area contributed by atoms with Gasteiger partial charge in [-0.05, 0) is 38.7 Å². The molecule has 0 saturated heterocycles.